The fourth-order valence-corrected chi connectivity index (χ4v) is 4.54. The summed E-state index contributed by atoms with van der Waals surface area (Å²) in [5, 5.41) is 0. The summed E-state index contributed by atoms with van der Waals surface area (Å²) in [7, 11) is 0. The van der Waals surface area contributed by atoms with E-state index in [4.69, 9.17) is 0 Å². The van der Waals surface area contributed by atoms with Gasteiger partial charge in [0.2, 0.25) is 0 Å². The highest BCUT2D eigenvalue weighted by Gasteiger charge is 2.49. The van der Waals surface area contributed by atoms with Gasteiger partial charge in [0.1, 0.15) is 5.78 Å². The lowest BCUT2D eigenvalue weighted by molar-refractivity contribution is -0.141. The summed E-state index contributed by atoms with van der Waals surface area (Å²) in [5.41, 5.74) is 3.15. The molecule has 0 saturated heterocycles. The SMILES string of the molecule is CC1c2ccccc2C=C2C(=O)C3C(=O)CC(=O)CC3CC21. The Morgan fingerprint density at radius 3 is 2.68 bits per heavy atom. The first-order valence-corrected chi connectivity index (χ1v) is 7.95. The molecule has 0 radical (unpaired) electrons. The minimum atomic E-state index is -0.572. The molecule has 2 saturated carbocycles. The van der Waals surface area contributed by atoms with Gasteiger partial charge < -0.3 is 0 Å². The molecule has 4 rings (SSSR count). The molecule has 4 atom stereocenters. The van der Waals surface area contributed by atoms with Gasteiger partial charge >= 0.3 is 0 Å². The number of carbonyl (C=O) groups excluding carboxylic acids is 3. The third-order valence-electron chi connectivity index (χ3n) is 5.60. The first-order valence-electron chi connectivity index (χ1n) is 7.95. The largest absolute Gasteiger partial charge is 0.299 e. The van der Waals surface area contributed by atoms with Gasteiger partial charge in [0.05, 0.1) is 12.3 Å². The van der Waals surface area contributed by atoms with E-state index in [1.54, 1.807) is 0 Å². The summed E-state index contributed by atoms with van der Waals surface area (Å²) >= 11 is 0. The van der Waals surface area contributed by atoms with Crippen molar-refractivity contribution in [1.29, 1.82) is 0 Å². The first-order chi connectivity index (χ1) is 10.6. The standard InChI is InChI=1S/C19H18O3/c1-10-14-5-3-2-4-11(14)7-16-15(10)8-12-6-13(20)9-17(21)18(12)19(16)22/h2-5,7,10,12,15,18H,6,8-9H2,1H3. The third-order valence-corrected chi connectivity index (χ3v) is 5.60. The maximum absolute atomic E-state index is 12.9. The third kappa shape index (κ3) is 1.84. The van der Waals surface area contributed by atoms with E-state index in [0.717, 1.165) is 17.6 Å². The van der Waals surface area contributed by atoms with Crippen LogP contribution < -0.4 is 0 Å². The molecule has 0 heterocycles. The maximum atomic E-state index is 12.9. The van der Waals surface area contributed by atoms with Gasteiger partial charge in [0.25, 0.3) is 0 Å². The molecule has 3 aliphatic carbocycles. The topological polar surface area (TPSA) is 51.2 Å². The van der Waals surface area contributed by atoms with Crippen molar-refractivity contribution in [3.63, 3.8) is 0 Å². The van der Waals surface area contributed by atoms with Crippen LogP contribution in [0.1, 0.15) is 43.2 Å². The molecule has 3 heteroatoms. The molecule has 0 amide bonds. The van der Waals surface area contributed by atoms with Crippen LogP contribution in [0.4, 0.5) is 0 Å². The molecule has 0 N–H and O–H groups in total. The van der Waals surface area contributed by atoms with Crippen molar-refractivity contribution in [2.75, 3.05) is 0 Å². The van der Waals surface area contributed by atoms with Crippen LogP contribution in [0.5, 0.6) is 0 Å². The van der Waals surface area contributed by atoms with Crippen molar-refractivity contribution >= 4 is 23.4 Å². The van der Waals surface area contributed by atoms with Gasteiger partial charge in [0, 0.05) is 12.0 Å². The number of hydrogen-bond donors (Lipinski definition) is 0. The normalized spacial score (nSPS) is 33.7. The highest BCUT2D eigenvalue weighted by molar-refractivity contribution is 6.18. The van der Waals surface area contributed by atoms with Crippen LogP contribution in [-0.2, 0) is 14.4 Å². The van der Waals surface area contributed by atoms with E-state index in [0.29, 0.717) is 6.42 Å². The minimum Gasteiger partial charge on any atom is -0.299 e. The number of ketones is 3. The van der Waals surface area contributed by atoms with Crippen molar-refractivity contribution in [1.82, 2.24) is 0 Å². The van der Waals surface area contributed by atoms with Crippen molar-refractivity contribution in [2.24, 2.45) is 17.8 Å². The van der Waals surface area contributed by atoms with Crippen LogP contribution in [0.2, 0.25) is 0 Å². The number of benzene rings is 1. The zero-order chi connectivity index (χ0) is 15.4. The van der Waals surface area contributed by atoms with E-state index in [1.165, 1.54) is 5.56 Å². The maximum Gasteiger partial charge on any atom is 0.169 e. The summed E-state index contributed by atoms with van der Waals surface area (Å²) in [6, 6.07) is 8.14. The van der Waals surface area contributed by atoms with Gasteiger partial charge in [0.15, 0.2) is 11.6 Å². The molecule has 4 unspecified atom stereocenters. The Kier molecular flexibility index (Phi) is 2.93. The average Bonchev–Trinajstić information content (AvgIpc) is 2.48. The fraction of sp³-hybridized carbons (Fsp3) is 0.421. The Bertz CT molecular complexity index is 728. The predicted octanol–water partition coefficient (Wildman–Crippen LogP) is 2.94. The van der Waals surface area contributed by atoms with Crippen LogP contribution in [0.25, 0.3) is 6.08 Å². The second kappa shape index (κ2) is 4.73. The van der Waals surface area contributed by atoms with Gasteiger partial charge in [-0.15, -0.1) is 0 Å². The average molecular weight is 294 g/mol. The Hall–Kier alpha value is -2.03. The summed E-state index contributed by atoms with van der Waals surface area (Å²) in [6.45, 7) is 2.15. The highest BCUT2D eigenvalue weighted by Crippen LogP contribution is 2.49. The summed E-state index contributed by atoms with van der Waals surface area (Å²) < 4.78 is 0. The molecular formula is C19H18O3. The van der Waals surface area contributed by atoms with Crippen LogP contribution in [0.3, 0.4) is 0 Å². The molecule has 3 aliphatic rings. The predicted molar refractivity (Wildman–Crippen MR) is 82.2 cm³/mol. The number of fused-ring (bicyclic) bond motifs is 3. The molecule has 22 heavy (non-hydrogen) atoms. The number of Topliss-reactive ketones (excluding diaryl/α,β-unsaturated/α-hetero) is 3. The van der Waals surface area contributed by atoms with Crippen molar-refractivity contribution < 1.29 is 14.4 Å². The smallest absolute Gasteiger partial charge is 0.169 e. The molecular weight excluding hydrogens is 276 g/mol. The first kappa shape index (κ1) is 13.6. The molecule has 1 aromatic rings. The lowest BCUT2D eigenvalue weighted by Crippen LogP contribution is -2.46. The second-order valence-electron chi connectivity index (χ2n) is 6.85. The lowest BCUT2D eigenvalue weighted by Gasteiger charge is -2.42. The summed E-state index contributed by atoms with van der Waals surface area (Å²) in [6.07, 6.45) is 3.08. The molecule has 0 spiro atoms. The number of carbonyl (C=O) groups is 3. The van der Waals surface area contributed by atoms with Gasteiger partial charge in [-0.2, -0.15) is 0 Å². The van der Waals surface area contributed by atoms with Gasteiger partial charge in [-0.25, -0.2) is 0 Å². The van der Waals surface area contributed by atoms with Crippen molar-refractivity contribution in [3.05, 3.63) is 41.0 Å². The van der Waals surface area contributed by atoms with E-state index >= 15 is 0 Å². The lowest BCUT2D eigenvalue weighted by atomic mass is 9.59. The summed E-state index contributed by atoms with van der Waals surface area (Å²) in [4.78, 5) is 36.8. The van der Waals surface area contributed by atoms with Crippen LogP contribution >= 0.6 is 0 Å². The van der Waals surface area contributed by atoms with Crippen LogP contribution in [-0.4, -0.2) is 17.3 Å². The fourth-order valence-electron chi connectivity index (χ4n) is 4.54. The quantitative estimate of drug-likeness (QED) is 0.691. The summed E-state index contributed by atoms with van der Waals surface area (Å²) in [5.74, 6) is -0.461. The van der Waals surface area contributed by atoms with E-state index in [2.05, 4.69) is 13.0 Å². The van der Waals surface area contributed by atoms with Crippen molar-refractivity contribution in [2.45, 2.75) is 32.1 Å². The Morgan fingerprint density at radius 2 is 1.86 bits per heavy atom. The van der Waals surface area contributed by atoms with Gasteiger partial charge in [-0.1, -0.05) is 31.2 Å². The molecule has 0 bridgehead atoms. The van der Waals surface area contributed by atoms with Crippen molar-refractivity contribution in [3.8, 4) is 0 Å². The number of rotatable bonds is 0. The molecule has 112 valence electrons. The molecule has 1 aromatic carbocycles. The molecule has 2 fully saturated rings. The minimum absolute atomic E-state index is 0.00431. The van der Waals surface area contributed by atoms with E-state index in [1.807, 2.05) is 24.3 Å². The zero-order valence-corrected chi connectivity index (χ0v) is 12.5. The van der Waals surface area contributed by atoms with E-state index < -0.39 is 5.92 Å². The van der Waals surface area contributed by atoms with Gasteiger partial charge in [-0.05, 0) is 41.4 Å². The number of hydrogen-bond acceptors (Lipinski definition) is 3. The Balaban J connectivity index is 1.80. The molecule has 0 aromatic heterocycles. The number of allylic oxidation sites excluding steroid dienone is 1. The Morgan fingerprint density at radius 1 is 1.09 bits per heavy atom. The highest BCUT2D eigenvalue weighted by atomic mass is 16.2. The molecule has 0 aliphatic heterocycles. The van der Waals surface area contributed by atoms with Crippen LogP contribution in [0, 0.1) is 17.8 Å². The van der Waals surface area contributed by atoms with E-state index in [-0.39, 0.29) is 41.5 Å². The molecule has 3 nitrogen and oxygen atoms in total. The van der Waals surface area contributed by atoms with Crippen LogP contribution in [0.15, 0.2) is 29.8 Å². The Labute approximate surface area is 129 Å². The zero-order valence-electron chi connectivity index (χ0n) is 12.5. The second-order valence-corrected chi connectivity index (χ2v) is 6.85. The monoisotopic (exact) mass is 294 g/mol. The van der Waals surface area contributed by atoms with E-state index in [9.17, 15) is 14.4 Å². The van der Waals surface area contributed by atoms with Gasteiger partial charge in [-0.3, -0.25) is 14.4 Å².